The number of rotatable bonds is 2. The van der Waals surface area contributed by atoms with Gasteiger partial charge in [-0.25, -0.2) is 0 Å². The first-order chi connectivity index (χ1) is 4.74. The minimum Gasteiger partial charge on any atom is -0.0654 e. The SMILES string of the molecule is CCCC12CC3C1CC32C. The molecule has 0 heteroatoms. The summed E-state index contributed by atoms with van der Waals surface area (Å²) >= 11 is 0. The summed E-state index contributed by atoms with van der Waals surface area (Å²) in [7, 11) is 0. The molecule has 10 heavy (non-hydrogen) atoms. The topological polar surface area (TPSA) is 0 Å². The normalized spacial score (nSPS) is 67.8. The van der Waals surface area contributed by atoms with E-state index in [1.807, 2.05) is 0 Å². The van der Waals surface area contributed by atoms with Crippen molar-refractivity contribution in [3.63, 3.8) is 0 Å². The minimum atomic E-state index is 0.869. The first-order valence-corrected chi connectivity index (χ1v) is 4.74. The second-order valence-corrected chi connectivity index (χ2v) is 4.94. The first-order valence-electron chi connectivity index (χ1n) is 4.74. The third-order valence-corrected chi connectivity index (χ3v) is 5.08. The Kier molecular flexibility index (Phi) is 0.669. The molecule has 4 bridgehead atoms. The van der Waals surface area contributed by atoms with Crippen LogP contribution in [0.4, 0.5) is 0 Å². The molecule has 5 rings (SSSR count). The number of hydrogen-bond donors (Lipinski definition) is 0. The van der Waals surface area contributed by atoms with Gasteiger partial charge in [0.1, 0.15) is 0 Å². The van der Waals surface area contributed by atoms with E-state index in [0.717, 1.165) is 10.8 Å². The largest absolute Gasteiger partial charge is 0.0654 e. The fourth-order valence-corrected chi connectivity index (χ4v) is 4.26. The zero-order valence-corrected chi connectivity index (χ0v) is 6.98. The van der Waals surface area contributed by atoms with Crippen LogP contribution in [-0.2, 0) is 0 Å². The quantitative estimate of drug-likeness (QED) is 0.547. The maximum atomic E-state index is 2.52. The fourth-order valence-electron chi connectivity index (χ4n) is 4.26. The minimum absolute atomic E-state index is 0.869. The molecule has 5 aliphatic carbocycles. The Hall–Kier alpha value is 0. The third kappa shape index (κ3) is 0.258. The molecule has 56 valence electrons. The van der Waals surface area contributed by atoms with Gasteiger partial charge in [-0.1, -0.05) is 20.3 Å². The monoisotopic (exact) mass is 136 g/mol. The van der Waals surface area contributed by atoms with E-state index < -0.39 is 0 Å². The predicted octanol–water partition coefficient (Wildman–Crippen LogP) is 2.83. The van der Waals surface area contributed by atoms with Crippen LogP contribution in [0.2, 0.25) is 0 Å². The highest BCUT2D eigenvalue weighted by molar-refractivity contribution is 5.35. The van der Waals surface area contributed by atoms with Crippen LogP contribution in [-0.4, -0.2) is 0 Å². The average Bonchev–Trinajstić information content (AvgIpc) is 1.95. The number of hydrogen-bond acceptors (Lipinski definition) is 0. The van der Waals surface area contributed by atoms with Crippen LogP contribution in [0.25, 0.3) is 0 Å². The molecule has 0 saturated heterocycles. The van der Waals surface area contributed by atoms with Crippen LogP contribution in [0.5, 0.6) is 0 Å². The van der Waals surface area contributed by atoms with Gasteiger partial charge in [0.25, 0.3) is 0 Å². The molecule has 0 amide bonds. The molecule has 0 aromatic heterocycles. The van der Waals surface area contributed by atoms with E-state index in [2.05, 4.69) is 13.8 Å². The highest BCUT2D eigenvalue weighted by Gasteiger charge is 2.86. The maximum absolute atomic E-state index is 2.52. The summed E-state index contributed by atoms with van der Waals surface area (Å²) in [4.78, 5) is 0. The third-order valence-electron chi connectivity index (χ3n) is 5.08. The van der Waals surface area contributed by atoms with Gasteiger partial charge in [0.15, 0.2) is 0 Å². The van der Waals surface area contributed by atoms with Crippen LogP contribution in [0.15, 0.2) is 0 Å². The summed E-state index contributed by atoms with van der Waals surface area (Å²) in [6.07, 6.45) is 6.13. The van der Waals surface area contributed by atoms with Crippen LogP contribution >= 0.6 is 0 Å². The van der Waals surface area contributed by atoms with Crippen LogP contribution in [0.1, 0.15) is 39.5 Å². The van der Waals surface area contributed by atoms with Gasteiger partial charge in [0.2, 0.25) is 0 Å². The summed E-state index contributed by atoms with van der Waals surface area (Å²) in [6, 6.07) is 0. The van der Waals surface area contributed by atoms with E-state index in [1.165, 1.54) is 24.7 Å². The second-order valence-electron chi connectivity index (χ2n) is 4.94. The molecule has 5 saturated carbocycles. The van der Waals surface area contributed by atoms with Gasteiger partial charge in [-0.15, -0.1) is 0 Å². The van der Waals surface area contributed by atoms with Crippen molar-refractivity contribution in [2.75, 3.05) is 0 Å². The van der Waals surface area contributed by atoms with Gasteiger partial charge >= 0.3 is 0 Å². The second kappa shape index (κ2) is 1.19. The smallest absolute Gasteiger partial charge is 0.0207 e. The van der Waals surface area contributed by atoms with Crippen molar-refractivity contribution in [1.29, 1.82) is 0 Å². The van der Waals surface area contributed by atoms with E-state index in [-0.39, 0.29) is 0 Å². The molecule has 0 N–H and O–H groups in total. The van der Waals surface area contributed by atoms with E-state index in [4.69, 9.17) is 0 Å². The molecule has 0 aromatic carbocycles. The van der Waals surface area contributed by atoms with E-state index in [0.29, 0.717) is 0 Å². The van der Waals surface area contributed by atoms with Crippen LogP contribution in [0.3, 0.4) is 0 Å². The van der Waals surface area contributed by atoms with Gasteiger partial charge in [-0.2, -0.15) is 0 Å². The summed E-state index contributed by atoms with van der Waals surface area (Å²) in [6.45, 7) is 4.86. The van der Waals surface area contributed by atoms with E-state index in [1.54, 1.807) is 12.8 Å². The molecule has 0 aliphatic heterocycles. The maximum Gasteiger partial charge on any atom is -0.0207 e. The highest BCUT2D eigenvalue weighted by Crippen LogP contribution is 2.93. The predicted molar refractivity (Wildman–Crippen MR) is 41.7 cm³/mol. The lowest BCUT2D eigenvalue weighted by molar-refractivity contribution is -0.439. The van der Waals surface area contributed by atoms with Crippen molar-refractivity contribution in [2.45, 2.75) is 39.5 Å². The van der Waals surface area contributed by atoms with Crippen LogP contribution in [0, 0.1) is 22.7 Å². The van der Waals surface area contributed by atoms with Gasteiger partial charge in [0, 0.05) is 0 Å². The van der Waals surface area contributed by atoms with Crippen molar-refractivity contribution in [1.82, 2.24) is 0 Å². The molecule has 4 atom stereocenters. The van der Waals surface area contributed by atoms with E-state index >= 15 is 0 Å². The van der Waals surface area contributed by atoms with Crippen LogP contribution < -0.4 is 0 Å². The Labute approximate surface area is 63.0 Å². The molecule has 4 unspecified atom stereocenters. The summed E-state index contributed by atoms with van der Waals surface area (Å²) in [5.41, 5.74) is 1.78. The molecule has 0 nitrogen and oxygen atoms in total. The van der Waals surface area contributed by atoms with Gasteiger partial charge < -0.3 is 0 Å². The lowest BCUT2D eigenvalue weighted by Crippen LogP contribution is -2.86. The van der Waals surface area contributed by atoms with Gasteiger partial charge in [-0.3, -0.25) is 0 Å². The molecular weight excluding hydrogens is 120 g/mol. The zero-order chi connectivity index (χ0) is 6.98. The van der Waals surface area contributed by atoms with Crippen molar-refractivity contribution >= 4 is 0 Å². The first kappa shape index (κ1) is 5.62. The molecule has 0 radical (unpaired) electrons. The molecular formula is C10H16. The molecule has 5 fully saturated rings. The lowest BCUT2D eigenvalue weighted by atomic mass is 9.12. The summed E-state index contributed by atoms with van der Waals surface area (Å²) in [5.74, 6) is 2.40. The van der Waals surface area contributed by atoms with Crippen molar-refractivity contribution < 1.29 is 0 Å². The van der Waals surface area contributed by atoms with Gasteiger partial charge in [0.05, 0.1) is 0 Å². The van der Waals surface area contributed by atoms with Crippen molar-refractivity contribution in [2.24, 2.45) is 22.7 Å². The Balaban J connectivity index is 1.85. The lowest BCUT2D eigenvalue weighted by Gasteiger charge is -2.92. The average molecular weight is 136 g/mol. The van der Waals surface area contributed by atoms with E-state index in [9.17, 15) is 0 Å². The highest BCUT2D eigenvalue weighted by atomic mass is 14.9. The molecule has 0 aromatic rings. The van der Waals surface area contributed by atoms with Crippen molar-refractivity contribution in [3.05, 3.63) is 0 Å². The summed E-state index contributed by atoms with van der Waals surface area (Å²) < 4.78 is 0. The Morgan fingerprint density at radius 1 is 1.30 bits per heavy atom. The Morgan fingerprint density at radius 2 is 2.10 bits per heavy atom. The summed E-state index contributed by atoms with van der Waals surface area (Å²) in [5, 5.41) is 0. The molecule has 5 aliphatic rings. The standard InChI is InChI=1S/C10H16/c1-3-4-10-6-7-8(10)5-9(7,10)2/h7-8H,3-6H2,1-2H3. The Morgan fingerprint density at radius 3 is 2.20 bits per heavy atom. The zero-order valence-electron chi connectivity index (χ0n) is 6.98. The Bertz CT molecular complexity index is 196. The fraction of sp³-hybridized carbons (Fsp3) is 1.00. The molecule has 0 heterocycles. The van der Waals surface area contributed by atoms with Crippen molar-refractivity contribution in [3.8, 4) is 0 Å². The van der Waals surface area contributed by atoms with Gasteiger partial charge in [-0.05, 0) is 41.9 Å². The molecule has 0 spiro atoms.